The van der Waals surface area contributed by atoms with Crippen molar-refractivity contribution in [1.29, 1.82) is 0 Å². The van der Waals surface area contributed by atoms with Crippen LogP contribution in [0.5, 0.6) is 0 Å². The van der Waals surface area contributed by atoms with Crippen LogP contribution in [0.15, 0.2) is 6.07 Å². The van der Waals surface area contributed by atoms with Gasteiger partial charge in [-0.2, -0.15) is 5.10 Å². The topological polar surface area (TPSA) is 70.4 Å². The van der Waals surface area contributed by atoms with E-state index in [0.717, 1.165) is 50.0 Å². The first-order valence-corrected chi connectivity index (χ1v) is 8.63. The number of rotatable bonds is 6. The summed E-state index contributed by atoms with van der Waals surface area (Å²) in [5.74, 6) is 0.420. The van der Waals surface area contributed by atoms with E-state index in [1.807, 2.05) is 23.6 Å². The number of aliphatic hydroxyl groups is 1. The zero-order valence-electron chi connectivity index (χ0n) is 14.6. The van der Waals surface area contributed by atoms with Crippen molar-refractivity contribution in [2.24, 2.45) is 5.92 Å². The van der Waals surface area contributed by atoms with Gasteiger partial charge in [0.15, 0.2) is 0 Å². The molecule has 0 atom stereocenters. The normalized spacial score (nSPS) is 21.2. The molecular weight excluding hydrogens is 292 g/mol. The molecule has 1 fully saturated rings. The maximum atomic E-state index is 12.2. The lowest BCUT2D eigenvalue weighted by Crippen LogP contribution is -2.45. The molecule has 6 nitrogen and oxygen atoms in total. The number of amides is 2. The highest BCUT2D eigenvalue weighted by Gasteiger charge is 2.25. The Balaban J connectivity index is 1.67. The molecule has 0 bridgehead atoms. The van der Waals surface area contributed by atoms with Crippen LogP contribution in [0.1, 0.15) is 43.5 Å². The Morgan fingerprint density at radius 2 is 2.09 bits per heavy atom. The zero-order valence-corrected chi connectivity index (χ0v) is 14.6. The van der Waals surface area contributed by atoms with Crippen LogP contribution in [-0.2, 0) is 6.54 Å². The first kappa shape index (κ1) is 17.8. The van der Waals surface area contributed by atoms with Crippen LogP contribution in [-0.4, -0.2) is 52.1 Å². The summed E-state index contributed by atoms with van der Waals surface area (Å²) in [4.78, 5) is 14.0. The molecule has 130 valence electrons. The molecular formula is C17H30N4O2. The van der Waals surface area contributed by atoms with Crippen LogP contribution in [0, 0.1) is 19.8 Å². The van der Waals surface area contributed by atoms with Gasteiger partial charge >= 0.3 is 6.03 Å². The third-order valence-electron chi connectivity index (χ3n) is 4.87. The van der Waals surface area contributed by atoms with Crippen LogP contribution in [0.2, 0.25) is 0 Å². The van der Waals surface area contributed by atoms with Crippen molar-refractivity contribution in [3.05, 3.63) is 17.5 Å². The third-order valence-corrected chi connectivity index (χ3v) is 4.87. The van der Waals surface area contributed by atoms with Gasteiger partial charge in [-0.05, 0) is 57.9 Å². The summed E-state index contributed by atoms with van der Waals surface area (Å²) < 4.78 is 1.99. The lowest BCUT2D eigenvalue weighted by atomic mass is 9.86. The fraction of sp³-hybridized carbons (Fsp3) is 0.765. The van der Waals surface area contributed by atoms with Crippen molar-refractivity contribution in [3.8, 4) is 0 Å². The van der Waals surface area contributed by atoms with E-state index in [0.29, 0.717) is 18.5 Å². The lowest BCUT2D eigenvalue weighted by molar-refractivity contribution is 0.134. The van der Waals surface area contributed by atoms with E-state index < -0.39 is 0 Å². The van der Waals surface area contributed by atoms with E-state index in [-0.39, 0.29) is 12.6 Å². The highest BCUT2D eigenvalue weighted by molar-refractivity contribution is 5.74. The summed E-state index contributed by atoms with van der Waals surface area (Å²) in [6, 6.07) is 2.37. The highest BCUT2D eigenvalue weighted by atomic mass is 16.3. The molecule has 0 spiro atoms. The second-order valence-electron chi connectivity index (χ2n) is 6.70. The molecule has 0 aromatic carbocycles. The van der Waals surface area contributed by atoms with Gasteiger partial charge in [-0.1, -0.05) is 0 Å². The number of nitrogens with zero attached hydrogens (tertiary/aromatic N) is 3. The van der Waals surface area contributed by atoms with E-state index >= 15 is 0 Å². The van der Waals surface area contributed by atoms with Gasteiger partial charge in [0, 0.05) is 38.5 Å². The summed E-state index contributed by atoms with van der Waals surface area (Å²) in [6.07, 6.45) is 4.87. The standard InChI is InChI=1S/C17H30N4O2/c1-13-11-14(2)21(19-13)10-4-9-18-17(23)20(3)16-7-5-15(12-22)6-8-16/h11,15-16,22H,4-10,12H2,1-3H3,(H,18,23). The molecule has 1 aliphatic carbocycles. The lowest BCUT2D eigenvalue weighted by Gasteiger charge is -2.34. The monoisotopic (exact) mass is 322 g/mol. The quantitative estimate of drug-likeness (QED) is 0.788. The second-order valence-corrected chi connectivity index (χ2v) is 6.70. The molecule has 23 heavy (non-hydrogen) atoms. The smallest absolute Gasteiger partial charge is 0.317 e. The van der Waals surface area contributed by atoms with E-state index in [2.05, 4.69) is 23.4 Å². The van der Waals surface area contributed by atoms with Gasteiger partial charge in [-0.3, -0.25) is 4.68 Å². The number of aromatic nitrogens is 2. The molecule has 2 N–H and O–H groups in total. The fourth-order valence-corrected chi connectivity index (χ4v) is 3.33. The Kier molecular flexibility index (Phi) is 6.45. The predicted octanol–water partition coefficient (Wildman–Crippen LogP) is 2.08. The van der Waals surface area contributed by atoms with Crippen LogP contribution in [0.3, 0.4) is 0 Å². The van der Waals surface area contributed by atoms with Gasteiger partial charge in [-0.25, -0.2) is 4.79 Å². The summed E-state index contributed by atoms with van der Waals surface area (Å²) in [6.45, 7) is 5.80. The van der Waals surface area contributed by atoms with E-state index in [1.165, 1.54) is 0 Å². The van der Waals surface area contributed by atoms with Gasteiger partial charge in [0.1, 0.15) is 0 Å². The summed E-state index contributed by atoms with van der Waals surface area (Å²) in [7, 11) is 1.88. The van der Waals surface area contributed by atoms with Crippen LogP contribution >= 0.6 is 0 Å². The van der Waals surface area contributed by atoms with E-state index in [1.54, 1.807) is 0 Å². The van der Waals surface area contributed by atoms with Crippen molar-refractivity contribution in [3.63, 3.8) is 0 Å². The summed E-state index contributed by atoms with van der Waals surface area (Å²) in [5.41, 5.74) is 2.19. The molecule has 1 aromatic heterocycles. The molecule has 1 aliphatic rings. The number of aliphatic hydroxyl groups excluding tert-OH is 1. The molecule has 0 radical (unpaired) electrons. The third kappa shape index (κ3) is 4.96. The number of hydrogen-bond acceptors (Lipinski definition) is 3. The average molecular weight is 322 g/mol. The predicted molar refractivity (Wildman–Crippen MR) is 90.3 cm³/mol. The number of urea groups is 1. The molecule has 2 rings (SSSR count). The van der Waals surface area contributed by atoms with Crippen molar-refractivity contribution in [2.75, 3.05) is 20.2 Å². The number of hydrogen-bond donors (Lipinski definition) is 2. The maximum absolute atomic E-state index is 12.2. The van der Waals surface area contributed by atoms with Crippen molar-refractivity contribution < 1.29 is 9.90 Å². The number of aryl methyl sites for hydroxylation is 3. The molecule has 0 aliphatic heterocycles. The van der Waals surface area contributed by atoms with Gasteiger partial charge in [0.05, 0.1) is 5.69 Å². The van der Waals surface area contributed by atoms with Gasteiger partial charge < -0.3 is 15.3 Å². The minimum Gasteiger partial charge on any atom is -0.396 e. The first-order valence-electron chi connectivity index (χ1n) is 8.63. The van der Waals surface area contributed by atoms with Crippen LogP contribution in [0.25, 0.3) is 0 Å². The van der Waals surface area contributed by atoms with Gasteiger partial charge in [-0.15, -0.1) is 0 Å². The van der Waals surface area contributed by atoms with Crippen molar-refractivity contribution >= 4 is 6.03 Å². The largest absolute Gasteiger partial charge is 0.396 e. The summed E-state index contributed by atoms with van der Waals surface area (Å²) in [5, 5.41) is 16.6. The SMILES string of the molecule is Cc1cc(C)n(CCCNC(=O)N(C)C2CCC(CO)CC2)n1. The Bertz CT molecular complexity index is 507. The molecule has 2 amide bonds. The van der Waals surface area contributed by atoms with Crippen molar-refractivity contribution in [2.45, 2.75) is 58.5 Å². The Hall–Kier alpha value is -1.56. The average Bonchev–Trinajstić information content (AvgIpc) is 2.88. The molecule has 0 unspecified atom stereocenters. The molecule has 6 heteroatoms. The highest BCUT2D eigenvalue weighted by Crippen LogP contribution is 2.26. The Morgan fingerprint density at radius 3 is 2.65 bits per heavy atom. The molecule has 1 heterocycles. The zero-order chi connectivity index (χ0) is 16.8. The van der Waals surface area contributed by atoms with Crippen molar-refractivity contribution in [1.82, 2.24) is 20.0 Å². The van der Waals surface area contributed by atoms with E-state index in [9.17, 15) is 9.90 Å². The van der Waals surface area contributed by atoms with Gasteiger partial charge in [0.2, 0.25) is 0 Å². The molecule has 1 aromatic rings. The minimum absolute atomic E-state index is 0.00539. The fourth-order valence-electron chi connectivity index (χ4n) is 3.33. The maximum Gasteiger partial charge on any atom is 0.317 e. The number of nitrogens with one attached hydrogen (secondary N) is 1. The summed E-state index contributed by atoms with van der Waals surface area (Å²) >= 11 is 0. The van der Waals surface area contributed by atoms with Gasteiger partial charge in [0.25, 0.3) is 0 Å². The van der Waals surface area contributed by atoms with E-state index in [4.69, 9.17) is 0 Å². The Labute approximate surface area is 138 Å². The second kappa shape index (κ2) is 8.34. The number of carbonyl (C=O) groups excluding carboxylic acids is 1. The molecule has 0 saturated heterocycles. The van der Waals surface area contributed by atoms with Crippen LogP contribution in [0.4, 0.5) is 4.79 Å². The molecule has 1 saturated carbocycles. The minimum atomic E-state index is 0.00539. The number of carbonyl (C=O) groups is 1. The Morgan fingerprint density at radius 1 is 1.39 bits per heavy atom. The first-order chi connectivity index (χ1) is 11.0. The van der Waals surface area contributed by atoms with Crippen LogP contribution < -0.4 is 5.32 Å².